The van der Waals surface area contributed by atoms with Crippen LogP contribution < -0.4 is 10.2 Å². The molecule has 2 amide bonds. The lowest BCUT2D eigenvalue weighted by molar-refractivity contribution is -0.130. The van der Waals surface area contributed by atoms with Crippen LogP contribution in [0.4, 0.5) is 11.4 Å². The fourth-order valence-corrected chi connectivity index (χ4v) is 6.36. The van der Waals surface area contributed by atoms with E-state index in [2.05, 4.69) is 10.2 Å². The second-order valence-electron chi connectivity index (χ2n) is 7.86. The summed E-state index contributed by atoms with van der Waals surface area (Å²) in [5.41, 5.74) is 1.29. The molecular weight excluding hydrogens is 440 g/mol. The number of hydrogen-bond acceptors (Lipinski definition) is 7. The van der Waals surface area contributed by atoms with Gasteiger partial charge in [0, 0.05) is 26.2 Å². The number of piperidine rings is 1. The number of nitrogens with zero attached hydrogens (tertiary/aromatic N) is 3. The summed E-state index contributed by atoms with van der Waals surface area (Å²) in [6.45, 7) is 3.05. The molecule has 0 aliphatic carbocycles. The molecule has 3 aliphatic heterocycles. The van der Waals surface area contributed by atoms with Crippen molar-refractivity contribution >= 4 is 45.0 Å². The summed E-state index contributed by atoms with van der Waals surface area (Å²) in [4.78, 5) is 28.4. The number of thioether (sulfide) groups is 1. The zero-order valence-electron chi connectivity index (χ0n) is 17.4. The number of amides is 2. The highest BCUT2D eigenvalue weighted by Crippen LogP contribution is 2.32. The van der Waals surface area contributed by atoms with Crippen molar-refractivity contribution in [2.24, 2.45) is 0 Å². The predicted molar refractivity (Wildman–Crippen MR) is 120 cm³/mol. The first kappa shape index (κ1) is 22.4. The molecule has 170 valence electrons. The molecule has 1 N–H and O–H groups in total. The Hall–Kier alpha value is -1.82. The van der Waals surface area contributed by atoms with Crippen LogP contribution in [0.25, 0.3) is 0 Å². The van der Waals surface area contributed by atoms with Crippen LogP contribution in [0.3, 0.4) is 0 Å². The average molecular weight is 469 g/mol. The molecule has 3 saturated heterocycles. The van der Waals surface area contributed by atoms with E-state index in [1.807, 2.05) is 0 Å². The zero-order chi connectivity index (χ0) is 21.8. The molecule has 3 fully saturated rings. The van der Waals surface area contributed by atoms with Gasteiger partial charge in [-0.05, 0) is 37.5 Å². The van der Waals surface area contributed by atoms with Crippen molar-refractivity contribution in [1.82, 2.24) is 9.21 Å². The zero-order valence-corrected chi connectivity index (χ0v) is 19.0. The number of morpholine rings is 1. The lowest BCUT2D eigenvalue weighted by Crippen LogP contribution is -2.40. The van der Waals surface area contributed by atoms with Gasteiger partial charge < -0.3 is 19.9 Å². The van der Waals surface area contributed by atoms with E-state index in [0.717, 1.165) is 38.0 Å². The quantitative estimate of drug-likeness (QED) is 0.669. The van der Waals surface area contributed by atoms with Gasteiger partial charge in [-0.15, -0.1) is 11.8 Å². The molecule has 11 heteroatoms. The molecule has 31 heavy (non-hydrogen) atoms. The smallest absolute Gasteiger partial charge is 0.244 e. The Kier molecular flexibility index (Phi) is 7.05. The first-order valence-electron chi connectivity index (χ1n) is 10.6. The molecule has 4 rings (SSSR count). The van der Waals surface area contributed by atoms with Crippen LogP contribution in [-0.4, -0.2) is 87.0 Å². The average Bonchev–Trinajstić information content (AvgIpc) is 3.19. The molecule has 0 spiro atoms. The predicted octanol–water partition coefficient (Wildman–Crippen LogP) is 1.17. The molecule has 0 aromatic heterocycles. The minimum atomic E-state index is -3.68. The first-order chi connectivity index (χ1) is 14.9. The second kappa shape index (κ2) is 9.76. The standard InChI is InChI=1S/C20H28N4O5S2/c25-19(13-23-15-30-14-20(23)26)21-17-12-16(31(27,28)24-8-10-29-11-9-24)4-5-18(17)22-6-2-1-3-7-22/h4-5,12H,1-3,6-11,13-15H2,(H,21,25). The Morgan fingerprint density at radius 1 is 1.10 bits per heavy atom. The van der Waals surface area contributed by atoms with E-state index in [1.165, 1.54) is 21.0 Å². The molecule has 9 nitrogen and oxygen atoms in total. The van der Waals surface area contributed by atoms with Crippen LogP contribution in [0.15, 0.2) is 23.1 Å². The number of hydrogen-bond donors (Lipinski definition) is 1. The van der Waals surface area contributed by atoms with Crippen LogP contribution in [0.5, 0.6) is 0 Å². The topological polar surface area (TPSA) is 99.3 Å². The van der Waals surface area contributed by atoms with E-state index < -0.39 is 10.0 Å². The number of nitrogens with one attached hydrogen (secondary N) is 1. The Bertz CT molecular complexity index is 927. The summed E-state index contributed by atoms with van der Waals surface area (Å²) in [5, 5.41) is 2.88. The Morgan fingerprint density at radius 3 is 2.52 bits per heavy atom. The van der Waals surface area contributed by atoms with Crippen molar-refractivity contribution in [3.8, 4) is 0 Å². The lowest BCUT2D eigenvalue weighted by atomic mass is 10.1. The highest BCUT2D eigenvalue weighted by atomic mass is 32.2. The summed E-state index contributed by atoms with van der Waals surface area (Å²) >= 11 is 1.48. The third-order valence-electron chi connectivity index (χ3n) is 5.71. The van der Waals surface area contributed by atoms with Gasteiger partial charge in [-0.1, -0.05) is 0 Å². The van der Waals surface area contributed by atoms with E-state index in [1.54, 1.807) is 18.2 Å². The van der Waals surface area contributed by atoms with Crippen LogP contribution in [0, 0.1) is 0 Å². The number of benzene rings is 1. The van der Waals surface area contributed by atoms with E-state index in [4.69, 9.17) is 4.74 Å². The number of anilines is 2. The molecule has 0 atom stereocenters. The lowest BCUT2D eigenvalue weighted by Gasteiger charge is -2.31. The van der Waals surface area contributed by atoms with Crippen LogP contribution >= 0.6 is 11.8 Å². The van der Waals surface area contributed by atoms with Gasteiger partial charge in [-0.2, -0.15) is 4.31 Å². The number of ether oxygens (including phenoxy) is 1. The van der Waals surface area contributed by atoms with Crippen molar-refractivity contribution in [3.05, 3.63) is 18.2 Å². The molecule has 0 saturated carbocycles. The molecule has 0 unspecified atom stereocenters. The minimum Gasteiger partial charge on any atom is -0.379 e. The highest BCUT2D eigenvalue weighted by Gasteiger charge is 2.29. The molecule has 0 radical (unpaired) electrons. The van der Waals surface area contributed by atoms with Gasteiger partial charge in [0.1, 0.15) is 6.54 Å². The maximum absolute atomic E-state index is 13.1. The molecule has 3 heterocycles. The largest absolute Gasteiger partial charge is 0.379 e. The third kappa shape index (κ3) is 5.16. The summed E-state index contributed by atoms with van der Waals surface area (Å²) in [5.74, 6) is 0.506. The Morgan fingerprint density at radius 2 is 1.84 bits per heavy atom. The van der Waals surface area contributed by atoms with Gasteiger partial charge in [0.2, 0.25) is 21.8 Å². The molecule has 1 aromatic carbocycles. The van der Waals surface area contributed by atoms with Crippen molar-refractivity contribution < 1.29 is 22.7 Å². The third-order valence-corrected chi connectivity index (χ3v) is 8.55. The van der Waals surface area contributed by atoms with Crippen molar-refractivity contribution in [3.63, 3.8) is 0 Å². The van der Waals surface area contributed by atoms with Crippen molar-refractivity contribution in [2.75, 3.05) is 67.8 Å². The number of carbonyl (C=O) groups excluding carboxylic acids is 2. The van der Waals surface area contributed by atoms with Crippen molar-refractivity contribution in [1.29, 1.82) is 0 Å². The van der Waals surface area contributed by atoms with E-state index in [9.17, 15) is 18.0 Å². The van der Waals surface area contributed by atoms with Crippen LogP contribution in [0.1, 0.15) is 19.3 Å². The number of carbonyl (C=O) groups is 2. The van der Waals surface area contributed by atoms with Crippen LogP contribution in [0.2, 0.25) is 0 Å². The van der Waals surface area contributed by atoms with Gasteiger partial charge in [0.15, 0.2) is 0 Å². The minimum absolute atomic E-state index is 0.0360. The monoisotopic (exact) mass is 468 g/mol. The van der Waals surface area contributed by atoms with Gasteiger partial charge in [-0.3, -0.25) is 9.59 Å². The number of rotatable bonds is 6. The maximum atomic E-state index is 13.1. The van der Waals surface area contributed by atoms with Crippen LogP contribution in [-0.2, 0) is 24.3 Å². The van der Waals surface area contributed by atoms with E-state index in [0.29, 0.717) is 43.6 Å². The fourth-order valence-electron chi connectivity index (χ4n) is 4.03. The number of sulfonamides is 1. The molecule has 3 aliphatic rings. The fraction of sp³-hybridized carbons (Fsp3) is 0.600. The summed E-state index contributed by atoms with van der Waals surface area (Å²) in [6.07, 6.45) is 3.28. The Labute approximate surface area is 187 Å². The van der Waals surface area contributed by atoms with Crippen molar-refractivity contribution in [2.45, 2.75) is 24.2 Å². The Balaban J connectivity index is 1.60. The summed E-state index contributed by atoms with van der Waals surface area (Å²) < 4.78 is 32.9. The first-order valence-corrected chi connectivity index (χ1v) is 13.2. The van der Waals surface area contributed by atoms with E-state index in [-0.39, 0.29) is 23.3 Å². The highest BCUT2D eigenvalue weighted by molar-refractivity contribution is 8.00. The molecular formula is C20H28N4O5S2. The summed E-state index contributed by atoms with van der Waals surface area (Å²) in [7, 11) is -3.68. The molecule has 1 aromatic rings. The van der Waals surface area contributed by atoms with Gasteiger partial charge in [0.25, 0.3) is 0 Å². The second-order valence-corrected chi connectivity index (χ2v) is 10.8. The molecule has 0 bridgehead atoms. The SMILES string of the molecule is O=C(CN1CSCC1=O)Nc1cc(S(=O)(=O)N2CCOCC2)ccc1N1CCCCC1. The maximum Gasteiger partial charge on any atom is 0.244 e. The van der Waals surface area contributed by atoms with Gasteiger partial charge >= 0.3 is 0 Å². The van der Waals surface area contributed by atoms with Gasteiger partial charge in [-0.25, -0.2) is 8.42 Å². The summed E-state index contributed by atoms with van der Waals surface area (Å²) in [6, 6.07) is 4.95. The van der Waals surface area contributed by atoms with Gasteiger partial charge in [0.05, 0.1) is 41.1 Å². The normalized spacial score (nSPS) is 20.8. The van der Waals surface area contributed by atoms with E-state index >= 15 is 0 Å².